The minimum absolute atomic E-state index is 0.109. The number of nitrogens with zero attached hydrogens (tertiary/aromatic N) is 2. The number of halogens is 1. The molecule has 0 heterocycles. The molecule has 0 aliphatic heterocycles. The molecule has 0 spiro atoms. The number of nitrogens with one attached hydrogen (secondary N) is 1. The molecule has 1 atom stereocenters. The van der Waals surface area contributed by atoms with Crippen molar-refractivity contribution >= 4 is 43.5 Å². The summed E-state index contributed by atoms with van der Waals surface area (Å²) in [5.74, 6) is -0.204. The number of benzene rings is 2. The minimum atomic E-state index is -3.77. The minimum Gasteiger partial charge on any atom is -0.497 e. The highest BCUT2D eigenvalue weighted by Gasteiger charge is 2.30. The monoisotopic (exact) mass is 553 g/mol. The lowest BCUT2D eigenvalue weighted by Crippen LogP contribution is -2.52. The van der Waals surface area contributed by atoms with Crippen LogP contribution in [0.15, 0.2) is 46.9 Å². The fraction of sp³-hybridized carbons (Fsp3) is 0.417. The van der Waals surface area contributed by atoms with Gasteiger partial charge in [0.25, 0.3) is 0 Å². The molecular formula is C24H32BrN3O5S. The van der Waals surface area contributed by atoms with Crippen LogP contribution in [0.2, 0.25) is 0 Å². The SMILES string of the molecule is COc1cccc(CN(C(=O)CN(c2ccc(Br)c(C)c2)S(C)(=O)=O)[C@@H](C)C(=O)NC(C)C)c1. The quantitative estimate of drug-likeness (QED) is 0.486. The van der Waals surface area contributed by atoms with Gasteiger partial charge in [0.2, 0.25) is 21.8 Å². The van der Waals surface area contributed by atoms with Crippen molar-refractivity contribution in [2.45, 2.75) is 46.3 Å². The van der Waals surface area contributed by atoms with E-state index in [1.54, 1.807) is 50.4 Å². The van der Waals surface area contributed by atoms with E-state index in [-0.39, 0.29) is 18.5 Å². The largest absolute Gasteiger partial charge is 0.497 e. The van der Waals surface area contributed by atoms with E-state index in [4.69, 9.17) is 4.74 Å². The Hall–Kier alpha value is -2.59. The summed E-state index contributed by atoms with van der Waals surface area (Å²) < 4.78 is 32.4. The molecule has 186 valence electrons. The van der Waals surface area contributed by atoms with Gasteiger partial charge in [0, 0.05) is 17.1 Å². The molecule has 2 aromatic rings. The molecular weight excluding hydrogens is 522 g/mol. The number of rotatable bonds is 10. The zero-order chi connectivity index (χ0) is 25.6. The summed E-state index contributed by atoms with van der Waals surface area (Å²) in [4.78, 5) is 27.7. The van der Waals surface area contributed by atoms with Gasteiger partial charge >= 0.3 is 0 Å². The number of carbonyl (C=O) groups is 2. The second kappa shape index (κ2) is 11.7. The molecule has 34 heavy (non-hydrogen) atoms. The summed E-state index contributed by atoms with van der Waals surface area (Å²) in [5, 5.41) is 2.82. The van der Waals surface area contributed by atoms with Gasteiger partial charge in [0.1, 0.15) is 18.3 Å². The molecule has 2 aromatic carbocycles. The van der Waals surface area contributed by atoms with E-state index in [0.717, 1.165) is 26.2 Å². The lowest BCUT2D eigenvalue weighted by molar-refractivity contribution is -0.139. The van der Waals surface area contributed by atoms with Crippen molar-refractivity contribution in [1.29, 1.82) is 0 Å². The maximum atomic E-state index is 13.5. The highest BCUT2D eigenvalue weighted by atomic mass is 79.9. The van der Waals surface area contributed by atoms with Gasteiger partial charge in [-0.1, -0.05) is 28.1 Å². The predicted molar refractivity (Wildman–Crippen MR) is 137 cm³/mol. The molecule has 8 nitrogen and oxygen atoms in total. The molecule has 1 N–H and O–H groups in total. The van der Waals surface area contributed by atoms with Gasteiger partial charge in [0.15, 0.2) is 0 Å². The van der Waals surface area contributed by atoms with E-state index < -0.39 is 28.5 Å². The Balaban J connectivity index is 2.42. The standard InChI is InChI=1S/C24H32BrN3O5S/c1-16(2)26-24(30)18(4)27(14-19-8-7-9-21(13-19)33-5)23(29)15-28(34(6,31)32)20-10-11-22(25)17(3)12-20/h7-13,16,18H,14-15H2,1-6H3,(H,26,30)/t18-/m0/s1. The Morgan fingerprint density at radius 2 is 1.79 bits per heavy atom. The molecule has 0 radical (unpaired) electrons. The number of hydrogen-bond acceptors (Lipinski definition) is 5. The van der Waals surface area contributed by atoms with Gasteiger partial charge in [0.05, 0.1) is 19.1 Å². The van der Waals surface area contributed by atoms with Gasteiger partial charge in [-0.05, 0) is 69.2 Å². The van der Waals surface area contributed by atoms with Crippen LogP contribution in [-0.4, -0.2) is 57.1 Å². The molecule has 0 bridgehead atoms. The molecule has 0 saturated heterocycles. The van der Waals surface area contributed by atoms with Gasteiger partial charge in [-0.15, -0.1) is 0 Å². The molecule has 10 heteroatoms. The Labute approximate surface area is 210 Å². The number of carbonyl (C=O) groups excluding carboxylic acids is 2. The zero-order valence-electron chi connectivity index (χ0n) is 20.3. The van der Waals surface area contributed by atoms with Gasteiger partial charge in [-0.3, -0.25) is 13.9 Å². The summed E-state index contributed by atoms with van der Waals surface area (Å²) >= 11 is 3.41. The topological polar surface area (TPSA) is 96.0 Å². The smallest absolute Gasteiger partial charge is 0.244 e. The van der Waals surface area contributed by atoms with Crippen molar-refractivity contribution in [2.75, 3.05) is 24.2 Å². The first-order chi connectivity index (χ1) is 15.8. The average Bonchev–Trinajstić information content (AvgIpc) is 2.76. The Kier molecular flexibility index (Phi) is 9.52. The van der Waals surface area contributed by atoms with E-state index >= 15 is 0 Å². The van der Waals surface area contributed by atoms with E-state index in [2.05, 4.69) is 21.2 Å². The number of aryl methyl sites for hydroxylation is 1. The van der Waals surface area contributed by atoms with Gasteiger partial charge in [-0.2, -0.15) is 0 Å². The fourth-order valence-corrected chi connectivity index (χ4v) is 4.44. The number of ether oxygens (including phenoxy) is 1. The lowest BCUT2D eigenvalue weighted by Gasteiger charge is -2.32. The van der Waals surface area contributed by atoms with E-state index in [1.165, 1.54) is 4.90 Å². The lowest BCUT2D eigenvalue weighted by atomic mass is 10.1. The third-order valence-corrected chi connectivity index (χ3v) is 7.22. The Bertz CT molecular complexity index is 1140. The predicted octanol–water partition coefficient (Wildman–Crippen LogP) is 3.47. The second-order valence-electron chi connectivity index (χ2n) is 8.42. The third kappa shape index (κ3) is 7.46. The van der Waals surface area contributed by atoms with Crippen LogP contribution >= 0.6 is 15.9 Å². The second-order valence-corrected chi connectivity index (χ2v) is 11.2. The molecule has 0 fully saturated rings. The maximum Gasteiger partial charge on any atom is 0.244 e. The molecule has 2 rings (SSSR count). The van der Waals surface area contributed by atoms with Gasteiger partial charge < -0.3 is 15.0 Å². The van der Waals surface area contributed by atoms with Crippen molar-refractivity contribution in [3.05, 3.63) is 58.1 Å². The Morgan fingerprint density at radius 1 is 1.12 bits per heavy atom. The van der Waals surface area contributed by atoms with Crippen molar-refractivity contribution in [2.24, 2.45) is 0 Å². The van der Waals surface area contributed by atoms with Crippen LogP contribution in [0, 0.1) is 6.92 Å². The number of amides is 2. The van der Waals surface area contributed by atoms with E-state index in [0.29, 0.717) is 11.4 Å². The van der Waals surface area contributed by atoms with Crippen molar-refractivity contribution in [3.63, 3.8) is 0 Å². The summed E-state index contributed by atoms with van der Waals surface area (Å²) in [6.07, 6.45) is 1.05. The van der Waals surface area contributed by atoms with Crippen molar-refractivity contribution in [1.82, 2.24) is 10.2 Å². The number of methoxy groups -OCH3 is 1. The Morgan fingerprint density at radius 3 is 2.35 bits per heavy atom. The van der Waals surface area contributed by atoms with Crippen molar-refractivity contribution in [3.8, 4) is 5.75 Å². The van der Waals surface area contributed by atoms with Crippen LogP contribution in [-0.2, 0) is 26.2 Å². The van der Waals surface area contributed by atoms with E-state index in [9.17, 15) is 18.0 Å². The fourth-order valence-electron chi connectivity index (χ4n) is 3.35. The number of sulfonamides is 1. The van der Waals surface area contributed by atoms with Crippen LogP contribution in [0.4, 0.5) is 5.69 Å². The summed E-state index contributed by atoms with van der Waals surface area (Å²) in [6.45, 7) is 6.80. The molecule has 2 amide bonds. The normalized spacial score (nSPS) is 12.2. The van der Waals surface area contributed by atoms with Crippen LogP contribution in [0.5, 0.6) is 5.75 Å². The highest BCUT2D eigenvalue weighted by molar-refractivity contribution is 9.10. The summed E-state index contributed by atoms with van der Waals surface area (Å²) in [5.41, 5.74) is 1.95. The van der Waals surface area contributed by atoms with Crippen LogP contribution in [0.1, 0.15) is 31.9 Å². The first-order valence-electron chi connectivity index (χ1n) is 10.8. The summed E-state index contributed by atoms with van der Waals surface area (Å²) in [6, 6.07) is 11.3. The van der Waals surface area contributed by atoms with Crippen LogP contribution < -0.4 is 14.4 Å². The first kappa shape index (κ1) is 27.7. The number of anilines is 1. The van der Waals surface area contributed by atoms with Crippen molar-refractivity contribution < 1.29 is 22.7 Å². The van der Waals surface area contributed by atoms with Crippen LogP contribution in [0.25, 0.3) is 0 Å². The molecule has 0 saturated carbocycles. The maximum absolute atomic E-state index is 13.5. The third-order valence-electron chi connectivity index (χ3n) is 5.19. The molecule has 0 aliphatic carbocycles. The zero-order valence-corrected chi connectivity index (χ0v) is 22.7. The highest BCUT2D eigenvalue weighted by Crippen LogP contribution is 2.25. The average molecular weight is 555 g/mol. The molecule has 0 unspecified atom stereocenters. The first-order valence-corrected chi connectivity index (χ1v) is 13.4. The number of hydrogen-bond donors (Lipinski definition) is 1. The molecule has 0 aromatic heterocycles. The van der Waals surface area contributed by atoms with Gasteiger partial charge in [-0.25, -0.2) is 8.42 Å². The summed E-state index contributed by atoms with van der Waals surface area (Å²) in [7, 11) is -2.23. The molecule has 0 aliphatic rings. The van der Waals surface area contributed by atoms with Crippen LogP contribution in [0.3, 0.4) is 0 Å². The van der Waals surface area contributed by atoms with E-state index in [1.807, 2.05) is 26.8 Å².